The van der Waals surface area contributed by atoms with E-state index in [1.54, 1.807) is 9.62 Å². The monoisotopic (exact) mass is 496 g/mol. The first-order valence-corrected chi connectivity index (χ1v) is 15.7. The fourth-order valence-corrected chi connectivity index (χ4v) is 4.05. The van der Waals surface area contributed by atoms with E-state index < -0.39 is 13.4 Å². The Morgan fingerprint density at radius 3 is 1.30 bits per heavy atom. The molecule has 0 atom stereocenters. The fraction of sp³-hybridized carbons (Fsp3) is 1.00. The van der Waals surface area contributed by atoms with Gasteiger partial charge in [-0.05, 0) is 23.6 Å². The smallest absolute Gasteiger partial charge is 0.319 e. The molecule has 0 unspecified atom stereocenters. The van der Waals surface area contributed by atoms with Crippen LogP contribution in [-0.2, 0) is 42.2 Å². The van der Waals surface area contributed by atoms with Crippen molar-refractivity contribution in [2.24, 2.45) is 0 Å². The molecule has 0 aromatic rings. The summed E-state index contributed by atoms with van der Waals surface area (Å²) >= 11 is 7.64. The van der Waals surface area contributed by atoms with Gasteiger partial charge in [-0.1, -0.05) is 0 Å². The van der Waals surface area contributed by atoms with Crippen LogP contribution in [0.5, 0.6) is 0 Å². The predicted molar refractivity (Wildman–Crippen MR) is 99.8 cm³/mol. The van der Waals surface area contributed by atoms with Crippen LogP contribution in [0.2, 0.25) is 9.62 Å². The van der Waals surface area contributed by atoms with Crippen LogP contribution in [0.1, 0.15) is 65.2 Å². The molecule has 0 aromatic heterocycles. The molecule has 0 bridgehead atoms. The van der Waals surface area contributed by atoms with Gasteiger partial charge in [-0.25, -0.2) is 0 Å². The molecule has 0 heterocycles. The zero-order valence-corrected chi connectivity index (χ0v) is 19.3. The molecule has 6 N–H and O–H groups in total. The van der Waals surface area contributed by atoms with E-state index in [9.17, 15) is 0 Å². The van der Waals surface area contributed by atoms with Crippen LogP contribution >= 0.6 is 13.4 Å². The standard InChI is InChI=1S/C8H17.C4H9.Mo.2H3O3PS/c1-3-5-7-8-6-4-2;1-3-4-2;;2*1-4(2,3)5/h1,3-8H2,2H3;1,3-4H2,2H3;;2*(H3,1,2,3,5). The number of hydrogen-bond acceptors (Lipinski definition) is 2. The number of unbranched alkanes of at least 4 members (excludes halogenated alkanes) is 6. The van der Waals surface area contributed by atoms with Crippen molar-refractivity contribution in [3.63, 3.8) is 0 Å². The summed E-state index contributed by atoms with van der Waals surface area (Å²) in [6, 6.07) is 0. The van der Waals surface area contributed by atoms with Crippen molar-refractivity contribution < 1.29 is 47.9 Å². The zero-order valence-electron chi connectivity index (χ0n) is 13.9. The summed E-state index contributed by atoms with van der Waals surface area (Å²) in [5.41, 5.74) is 0. The Morgan fingerprint density at radius 1 is 0.609 bits per heavy atom. The van der Waals surface area contributed by atoms with Crippen molar-refractivity contribution in [2.75, 3.05) is 0 Å². The maximum atomic E-state index is 7.56. The van der Waals surface area contributed by atoms with Gasteiger partial charge >= 0.3 is 107 Å². The molecule has 0 saturated heterocycles. The van der Waals surface area contributed by atoms with Crippen LogP contribution in [0.25, 0.3) is 0 Å². The third-order valence-electron chi connectivity index (χ3n) is 2.28. The van der Waals surface area contributed by atoms with E-state index in [-0.39, 0.29) is 0 Å². The van der Waals surface area contributed by atoms with Crippen molar-refractivity contribution in [3.8, 4) is 0 Å². The van der Waals surface area contributed by atoms with Gasteiger partial charge in [-0.3, -0.25) is 0 Å². The SMILES string of the molecule is CCCCCCC[CH2][Mo][CH2]CCC.OP(O)(O)=S.OP(O)(O)=S. The Morgan fingerprint density at radius 2 is 0.913 bits per heavy atom. The van der Waals surface area contributed by atoms with Gasteiger partial charge in [0.15, 0.2) is 0 Å². The summed E-state index contributed by atoms with van der Waals surface area (Å²) in [5, 5.41) is 0. The number of rotatable bonds is 10. The van der Waals surface area contributed by atoms with Crippen molar-refractivity contribution in [1.29, 1.82) is 0 Å². The molecular weight excluding hydrogens is 462 g/mol. The largest absolute Gasteiger partial charge is 0.325 e. The summed E-state index contributed by atoms with van der Waals surface area (Å²) < 4.78 is 0. The van der Waals surface area contributed by atoms with E-state index in [1.807, 2.05) is 0 Å². The molecule has 0 aromatic carbocycles. The molecule has 11 heteroatoms. The molecule has 0 aliphatic carbocycles. The van der Waals surface area contributed by atoms with Gasteiger partial charge in [-0.15, -0.1) is 0 Å². The van der Waals surface area contributed by atoms with E-state index >= 15 is 0 Å². The van der Waals surface area contributed by atoms with Gasteiger partial charge in [0.05, 0.1) is 0 Å². The number of hydrogen-bond donors (Lipinski definition) is 6. The minimum Gasteiger partial charge on any atom is -0.325 e. The van der Waals surface area contributed by atoms with Gasteiger partial charge in [0.1, 0.15) is 0 Å². The molecule has 0 radical (unpaired) electrons. The summed E-state index contributed by atoms with van der Waals surface area (Å²) in [6.45, 7) is -3.02. The molecule has 0 rings (SSSR count). The zero-order chi connectivity index (χ0) is 18.8. The van der Waals surface area contributed by atoms with Crippen LogP contribution in [0.15, 0.2) is 0 Å². The molecule has 23 heavy (non-hydrogen) atoms. The second-order valence-corrected chi connectivity index (χ2v) is 12.8. The molecule has 6 nitrogen and oxygen atoms in total. The van der Waals surface area contributed by atoms with Gasteiger partial charge in [0, 0.05) is 0 Å². The van der Waals surface area contributed by atoms with Crippen molar-refractivity contribution >= 4 is 37.1 Å². The molecule has 0 aliphatic rings. The summed E-state index contributed by atoms with van der Waals surface area (Å²) in [5.74, 6) is 0. The second kappa shape index (κ2) is 20.1. The van der Waals surface area contributed by atoms with Crippen molar-refractivity contribution in [3.05, 3.63) is 0 Å². The van der Waals surface area contributed by atoms with E-state index in [2.05, 4.69) is 37.5 Å². The van der Waals surface area contributed by atoms with E-state index in [0.29, 0.717) is 18.6 Å². The van der Waals surface area contributed by atoms with Crippen LogP contribution in [0, 0.1) is 0 Å². The molecular formula is C12H32MoO6P2S2. The molecule has 0 fully saturated rings. The normalized spacial score (nSPS) is 11.1. The predicted octanol–water partition coefficient (Wildman–Crippen LogP) is 3.44. The summed E-state index contributed by atoms with van der Waals surface area (Å²) in [6.07, 6.45) is 11.8. The maximum Gasteiger partial charge on any atom is 0.319 e. The molecule has 0 saturated carbocycles. The molecule has 0 spiro atoms. The maximum absolute atomic E-state index is 7.56. The summed E-state index contributed by atoms with van der Waals surface area (Å²) in [4.78, 5) is 48.5. The van der Waals surface area contributed by atoms with E-state index in [4.69, 9.17) is 29.4 Å². The third kappa shape index (κ3) is 81.4. The minimum absolute atomic E-state index is 0.432. The second-order valence-electron chi connectivity index (χ2n) is 4.76. The van der Waals surface area contributed by atoms with Gasteiger partial charge < -0.3 is 29.4 Å². The van der Waals surface area contributed by atoms with Crippen molar-refractivity contribution in [2.45, 2.75) is 74.8 Å². The van der Waals surface area contributed by atoms with Gasteiger partial charge in [0.2, 0.25) is 0 Å². The first kappa shape index (κ1) is 29.5. The summed E-state index contributed by atoms with van der Waals surface area (Å²) in [7, 11) is 0. The molecule has 0 amide bonds. The van der Waals surface area contributed by atoms with Crippen LogP contribution < -0.4 is 0 Å². The Hall–Kier alpha value is 1.75. The quantitative estimate of drug-likeness (QED) is 0.155. The average Bonchev–Trinajstić information content (AvgIpc) is 2.33. The minimum atomic E-state index is -3.81. The first-order chi connectivity index (χ1) is 10.4. The molecule has 144 valence electrons. The molecule has 0 aliphatic heterocycles. The van der Waals surface area contributed by atoms with Crippen molar-refractivity contribution in [1.82, 2.24) is 0 Å². The van der Waals surface area contributed by atoms with E-state index in [1.165, 1.54) is 51.4 Å². The van der Waals surface area contributed by atoms with Gasteiger partial charge in [-0.2, -0.15) is 0 Å². The Kier molecular flexibility index (Phi) is 25.7. The fourth-order valence-electron chi connectivity index (χ4n) is 1.33. The average molecular weight is 494 g/mol. The van der Waals surface area contributed by atoms with Crippen LogP contribution in [0.3, 0.4) is 0 Å². The third-order valence-corrected chi connectivity index (χ3v) is 5.12. The van der Waals surface area contributed by atoms with Crippen LogP contribution in [0.4, 0.5) is 0 Å². The van der Waals surface area contributed by atoms with Gasteiger partial charge in [0.25, 0.3) is 0 Å². The Labute approximate surface area is 159 Å². The first-order valence-electron chi connectivity index (χ1n) is 7.56. The van der Waals surface area contributed by atoms with E-state index in [0.717, 1.165) is 0 Å². The Bertz CT molecular complexity index is 278. The Balaban J connectivity index is -0.000000329. The topological polar surface area (TPSA) is 121 Å². The van der Waals surface area contributed by atoms with Crippen LogP contribution in [-0.4, -0.2) is 29.4 Å².